The van der Waals surface area contributed by atoms with Crippen LogP contribution in [0.2, 0.25) is 0 Å². The molecule has 0 atom stereocenters. The van der Waals surface area contributed by atoms with Crippen LogP contribution in [0, 0.1) is 5.92 Å². The fraction of sp³-hybridized carbons (Fsp3) is 0.412. The highest BCUT2D eigenvalue weighted by Gasteiger charge is 2.29. The zero-order valence-corrected chi connectivity index (χ0v) is 12.6. The third-order valence-corrected chi connectivity index (χ3v) is 4.28. The summed E-state index contributed by atoms with van der Waals surface area (Å²) in [7, 11) is 0. The number of rotatable bonds is 3. The molecule has 0 unspecified atom stereocenters. The van der Waals surface area contributed by atoms with E-state index in [-0.39, 0.29) is 0 Å². The van der Waals surface area contributed by atoms with Crippen molar-refractivity contribution in [2.75, 3.05) is 0 Å². The van der Waals surface area contributed by atoms with Gasteiger partial charge in [-0.25, -0.2) is 0 Å². The average Bonchev–Trinajstić information content (AvgIpc) is 2.45. The second-order valence-corrected chi connectivity index (χ2v) is 6.16. The smallest absolute Gasteiger partial charge is 0.176 e. The largest absolute Gasteiger partial charge is 0.416 e. The molecule has 0 bridgehead atoms. The van der Waals surface area contributed by atoms with E-state index >= 15 is 0 Å². The van der Waals surface area contributed by atoms with Crippen LogP contribution in [0.15, 0.2) is 42.5 Å². The van der Waals surface area contributed by atoms with E-state index in [0.29, 0.717) is 11.2 Å². The highest BCUT2D eigenvalue weighted by Crippen LogP contribution is 2.29. The van der Waals surface area contributed by atoms with E-state index < -0.39 is 11.7 Å². The Morgan fingerprint density at radius 3 is 2.14 bits per heavy atom. The maximum atomic E-state index is 12.4. The molecule has 1 aliphatic carbocycles. The van der Waals surface area contributed by atoms with E-state index in [1.807, 2.05) is 18.2 Å². The summed E-state index contributed by atoms with van der Waals surface area (Å²) in [4.78, 5) is 0. The second kappa shape index (κ2) is 7.21. The molecule has 1 fully saturated rings. The van der Waals surface area contributed by atoms with Crippen molar-refractivity contribution in [2.45, 2.75) is 37.1 Å². The van der Waals surface area contributed by atoms with Crippen LogP contribution >= 0.6 is 12.6 Å². The molecule has 2 rings (SSSR count). The number of hydrogen-bond donors (Lipinski definition) is 1. The summed E-state index contributed by atoms with van der Waals surface area (Å²) in [5, 5.41) is 0.539. The summed E-state index contributed by atoms with van der Waals surface area (Å²) < 4.78 is 37.3. The molecule has 1 saturated carbocycles. The molecule has 0 nitrogen and oxygen atoms in total. The third kappa shape index (κ3) is 5.27. The van der Waals surface area contributed by atoms with Crippen molar-refractivity contribution < 1.29 is 13.2 Å². The van der Waals surface area contributed by atoms with Gasteiger partial charge in [0.2, 0.25) is 0 Å². The summed E-state index contributed by atoms with van der Waals surface area (Å²) >= 11 is 4.47. The van der Waals surface area contributed by atoms with Crippen LogP contribution in [0.5, 0.6) is 0 Å². The average molecular weight is 312 g/mol. The topological polar surface area (TPSA) is 0 Å². The zero-order chi connectivity index (χ0) is 15.3. The lowest BCUT2D eigenvalue weighted by Crippen LogP contribution is -2.12. The van der Waals surface area contributed by atoms with Crippen LogP contribution in [0.3, 0.4) is 0 Å². The van der Waals surface area contributed by atoms with Crippen LogP contribution in [0.4, 0.5) is 13.2 Å². The first-order valence-electron chi connectivity index (χ1n) is 7.15. The predicted molar refractivity (Wildman–Crippen MR) is 84.4 cm³/mol. The van der Waals surface area contributed by atoms with E-state index in [2.05, 4.69) is 18.7 Å². The molecular formula is C17H19F3S. The van der Waals surface area contributed by atoms with Gasteiger partial charge in [0.25, 0.3) is 0 Å². The van der Waals surface area contributed by atoms with Gasteiger partial charge in [0.15, 0.2) is 0 Å². The number of benzene rings is 1. The van der Waals surface area contributed by atoms with Crippen molar-refractivity contribution in [3.8, 4) is 0 Å². The monoisotopic (exact) mass is 312 g/mol. The number of allylic oxidation sites excluding steroid dienone is 3. The molecule has 1 aliphatic rings. The predicted octanol–water partition coefficient (Wildman–Crippen LogP) is 5.76. The van der Waals surface area contributed by atoms with Crippen LogP contribution in [-0.2, 0) is 6.18 Å². The van der Waals surface area contributed by atoms with Gasteiger partial charge in [0, 0.05) is 5.25 Å². The Morgan fingerprint density at radius 1 is 0.952 bits per heavy atom. The molecule has 0 saturated heterocycles. The van der Waals surface area contributed by atoms with Crippen LogP contribution in [0.25, 0.3) is 6.08 Å². The first-order chi connectivity index (χ1) is 9.95. The fourth-order valence-electron chi connectivity index (χ4n) is 2.47. The molecule has 1 aromatic rings. The van der Waals surface area contributed by atoms with Crippen molar-refractivity contribution in [1.82, 2.24) is 0 Å². The molecule has 114 valence electrons. The van der Waals surface area contributed by atoms with Gasteiger partial charge in [-0.3, -0.25) is 0 Å². The Bertz CT molecular complexity index is 492. The number of alkyl halides is 3. The minimum atomic E-state index is -4.27. The first kappa shape index (κ1) is 16.2. The molecule has 0 aromatic heterocycles. The summed E-state index contributed by atoms with van der Waals surface area (Å²) in [6.45, 7) is 0. The van der Waals surface area contributed by atoms with Crippen LogP contribution in [0.1, 0.15) is 36.8 Å². The zero-order valence-electron chi connectivity index (χ0n) is 11.7. The molecule has 4 heteroatoms. The molecule has 0 radical (unpaired) electrons. The Kier molecular flexibility index (Phi) is 5.57. The quantitative estimate of drug-likeness (QED) is 0.532. The minimum absolute atomic E-state index is 0.539. The van der Waals surface area contributed by atoms with Crippen molar-refractivity contribution in [3.05, 3.63) is 53.6 Å². The van der Waals surface area contributed by atoms with E-state index in [1.54, 1.807) is 0 Å². The number of thiol groups is 1. The lowest BCUT2D eigenvalue weighted by molar-refractivity contribution is -0.137. The number of hydrogen-bond acceptors (Lipinski definition) is 1. The Labute approximate surface area is 129 Å². The van der Waals surface area contributed by atoms with Gasteiger partial charge in [-0.15, -0.1) is 0 Å². The van der Waals surface area contributed by atoms with Gasteiger partial charge in [0.1, 0.15) is 0 Å². The maximum Gasteiger partial charge on any atom is 0.416 e. The van der Waals surface area contributed by atoms with Crippen molar-refractivity contribution in [2.24, 2.45) is 5.92 Å². The summed E-state index contributed by atoms with van der Waals surface area (Å²) in [6, 6.07) is 5.19. The Morgan fingerprint density at radius 2 is 1.57 bits per heavy atom. The molecule has 1 aromatic carbocycles. The molecule has 0 aliphatic heterocycles. The van der Waals surface area contributed by atoms with E-state index in [1.165, 1.54) is 25.0 Å². The Balaban J connectivity index is 1.87. The molecule has 0 N–H and O–H groups in total. The van der Waals surface area contributed by atoms with Gasteiger partial charge in [-0.05, 0) is 49.3 Å². The highest BCUT2D eigenvalue weighted by atomic mass is 32.1. The molecular weight excluding hydrogens is 293 g/mol. The normalized spacial score (nSPS) is 24.0. The number of halogens is 3. The Hall–Kier alpha value is -1.16. The molecule has 0 heterocycles. The van der Waals surface area contributed by atoms with Gasteiger partial charge < -0.3 is 0 Å². The van der Waals surface area contributed by atoms with Crippen LogP contribution < -0.4 is 0 Å². The van der Waals surface area contributed by atoms with Crippen molar-refractivity contribution >= 4 is 18.7 Å². The lowest BCUT2D eigenvalue weighted by Gasteiger charge is -2.22. The molecule has 21 heavy (non-hydrogen) atoms. The van der Waals surface area contributed by atoms with E-state index in [9.17, 15) is 13.2 Å². The molecule has 0 spiro atoms. The summed E-state index contributed by atoms with van der Waals surface area (Å²) in [5.41, 5.74) is 0.158. The first-order valence-corrected chi connectivity index (χ1v) is 7.67. The summed E-state index contributed by atoms with van der Waals surface area (Å²) in [6.07, 6.45) is 8.24. The minimum Gasteiger partial charge on any atom is -0.176 e. The standard InChI is InChI=1S/C17H19F3S/c18-17(19,20)15-9-5-13(6-10-15)3-1-2-4-14-7-11-16(21)12-8-14/h1-6,9-10,14,16,21H,7-8,11-12H2/b3-1+,4-2+. The fourth-order valence-corrected chi connectivity index (χ4v) is 2.76. The van der Waals surface area contributed by atoms with Gasteiger partial charge in [0.05, 0.1) is 5.56 Å². The highest BCUT2D eigenvalue weighted by molar-refractivity contribution is 7.80. The van der Waals surface area contributed by atoms with Crippen molar-refractivity contribution in [3.63, 3.8) is 0 Å². The maximum absolute atomic E-state index is 12.4. The second-order valence-electron chi connectivity index (χ2n) is 5.43. The van der Waals surface area contributed by atoms with Gasteiger partial charge in [-0.1, -0.05) is 36.4 Å². The lowest BCUT2D eigenvalue weighted by atomic mass is 9.88. The van der Waals surface area contributed by atoms with Gasteiger partial charge >= 0.3 is 6.18 Å². The van der Waals surface area contributed by atoms with Crippen LogP contribution in [-0.4, -0.2) is 5.25 Å². The molecule has 0 amide bonds. The van der Waals surface area contributed by atoms with E-state index in [0.717, 1.165) is 30.5 Å². The SMILES string of the molecule is FC(F)(F)c1ccc(/C=C/C=C/C2CCC(S)CC2)cc1. The van der Waals surface area contributed by atoms with Gasteiger partial charge in [-0.2, -0.15) is 25.8 Å². The van der Waals surface area contributed by atoms with Crippen molar-refractivity contribution in [1.29, 1.82) is 0 Å². The third-order valence-electron chi connectivity index (χ3n) is 3.76. The van der Waals surface area contributed by atoms with E-state index in [4.69, 9.17) is 0 Å². The summed E-state index contributed by atoms with van der Waals surface area (Å²) in [5.74, 6) is 0.602.